The number of hydrogen-bond donors (Lipinski definition) is 1. The minimum Gasteiger partial charge on any atom is -0.384 e. The molecule has 102 valence electrons. The molecule has 0 atom stereocenters. The van der Waals surface area contributed by atoms with Gasteiger partial charge in [0.15, 0.2) is 0 Å². The van der Waals surface area contributed by atoms with E-state index < -0.39 is 0 Å². The maximum Gasteiger partial charge on any atom is 0.253 e. The van der Waals surface area contributed by atoms with Crippen molar-refractivity contribution in [2.24, 2.45) is 10.9 Å². The van der Waals surface area contributed by atoms with E-state index in [-0.39, 0.29) is 29.2 Å². The lowest BCUT2D eigenvalue weighted by Gasteiger charge is -2.14. The first-order valence-electron chi connectivity index (χ1n) is 5.90. The van der Waals surface area contributed by atoms with Crippen LogP contribution in [0.3, 0.4) is 0 Å². The smallest absolute Gasteiger partial charge is 0.253 e. The quantitative estimate of drug-likeness (QED) is 0.382. The fraction of sp³-hybridized carbons (Fsp3) is 0.455. The van der Waals surface area contributed by atoms with Gasteiger partial charge >= 0.3 is 0 Å². The van der Waals surface area contributed by atoms with Gasteiger partial charge in [0.05, 0.1) is 6.42 Å². The van der Waals surface area contributed by atoms with Crippen LogP contribution in [0.4, 0.5) is 0 Å². The highest BCUT2D eigenvalue weighted by molar-refractivity contribution is 6.29. The van der Waals surface area contributed by atoms with E-state index in [0.717, 1.165) is 25.9 Å². The lowest BCUT2D eigenvalue weighted by Crippen LogP contribution is -2.31. The summed E-state index contributed by atoms with van der Waals surface area (Å²) in [6, 6.07) is 1.40. The third-order valence-electron chi connectivity index (χ3n) is 2.66. The first-order valence-corrected chi connectivity index (χ1v) is 6.27. The van der Waals surface area contributed by atoms with Crippen molar-refractivity contribution in [3.05, 3.63) is 17.5 Å². The van der Waals surface area contributed by atoms with Crippen LogP contribution >= 0.6 is 11.6 Å². The maximum atomic E-state index is 11.8. The van der Waals surface area contributed by atoms with Crippen LogP contribution in [-0.2, 0) is 4.79 Å². The van der Waals surface area contributed by atoms with Gasteiger partial charge < -0.3 is 15.5 Å². The molecular formula is C11H14ClN5O2. The standard InChI is InChI=1S/C11H14ClN5O2/c12-8-5-10(15-7-14-8)19-16-9(13)6-11(18)17-3-1-2-4-17/h5,7H,1-4,6H2,(H2,13,16). The highest BCUT2D eigenvalue weighted by Crippen LogP contribution is 2.11. The van der Waals surface area contributed by atoms with Gasteiger partial charge in [0.25, 0.3) is 5.88 Å². The van der Waals surface area contributed by atoms with Gasteiger partial charge in [-0.3, -0.25) is 4.79 Å². The molecular weight excluding hydrogens is 270 g/mol. The number of carbonyl (C=O) groups is 1. The fourth-order valence-corrected chi connectivity index (χ4v) is 1.88. The molecule has 1 amide bonds. The van der Waals surface area contributed by atoms with Crippen molar-refractivity contribution in [3.8, 4) is 5.88 Å². The topological polar surface area (TPSA) is 93.7 Å². The molecule has 1 aliphatic rings. The predicted octanol–water partition coefficient (Wildman–Crippen LogP) is 0.793. The third kappa shape index (κ3) is 4.06. The van der Waals surface area contributed by atoms with Crippen LogP contribution in [0.2, 0.25) is 5.15 Å². The monoisotopic (exact) mass is 283 g/mol. The Kier molecular flexibility index (Phi) is 4.51. The van der Waals surface area contributed by atoms with Crippen molar-refractivity contribution in [3.63, 3.8) is 0 Å². The van der Waals surface area contributed by atoms with Crippen LogP contribution in [0.15, 0.2) is 17.5 Å². The molecule has 1 fully saturated rings. The molecule has 1 aliphatic heterocycles. The van der Waals surface area contributed by atoms with Gasteiger partial charge in [-0.05, 0) is 12.8 Å². The summed E-state index contributed by atoms with van der Waals surface area (Å²) in [5.74, 6) is 0.242. The lowest BCUT2D eigenvalue weighted by atomic mass is 10.3. The van der Waals surface area contributed by atoms with Gasteiger partial charge in [-0.1, -0.05) is 16.8 Å². The minimum atomic E-state index is -0.0388. The normalized spacial score (nSPS) is 15.6. The zero-order chi connectivity index (χ0) is 13.7. The van der Waals surface area contributed by atoms with Gasteiger partial charge in [-0.2, -0.15) is 4.98 Å². The van der Waals surface area contributed by atoms with Gasteiger partial charge in [0.1, 0.15) is 17.3 Å². The Morgan fingerprint density at radius 1 is 1.47 bits per heavy atom. The molecule has 0 aromatic carbocycles. The van der Waals surface area contributed by atoms with Gasteiger partial charge in [-0.25, -0.2) is 4.98 Å². The highest BCUT2D eigenvalue weighted by Gasteiger charge is 2.18. The van der Waals surface area contributed by atoms with E-state index in [4.69, 9.17) is 22.2 Å². The first-order chi connectivity index (χ1) is 9.15. The molecule has 0 spiro atoms. The molecule has 0 bridgehead atoms. The van der Waals surface area contributed by atoms with Crippen molar-refractivity contribution in [1.29, 1.82) is 0 Å². The van der Waals surface area contributed by atoms with Crippen LogP contribution in [0.1, 0.15) is 19.3 Å². The van der Waals surface area contributed by atoms with Crippen molar-refractivity contribution < 1.29 is 9.63 Å². The number of rotatable bonds is 4. The molecule has 2 rings (SSSR count). The molecule has 7 nitrogen and oxygen atoms in total. The van der Waals surface area contributed by atoms with Gasteiger partial charge in [0, 0.05) is 19.2 Å². The average Bonchev–Trinajstić information content (AvgIpc) is 2.90. The van der Waals surface area contributed by atoms with E-state index in [2.05, 4.69) is 15.1 Å². The zero-order valence-corrected chi connectivity index (χ0v) is 11.0. The summed E-state index contributed by atoms with van der Waals surface area (Å²) >= 11 is 5.66. The first kappa shape index (κ1) is 13.5. The van der Waals surface area contributed by atoms with Crippen molar-refractivity contribution in [2.75, 3.05) is 13.1 Å². The fourth-order valence-electron chi connectivity index (χ4n) is 1.74. The summed E-state index contributed by atoms with van der Waals surface area (Å²) < 4.78 is 0. The van der Waals surface area contributed by atoms with Crippen LogP contribution in [0.5, 0.6) is 5.88 Å². The molecule has 8 heteroatoms. The van der Waals surface area contributed by atoms with E-state index in [9.17, 15) is 4.79 Å². The second-order valence-electron chi connectivity index (χ2n) is 4.12. The predicted molar refractivity (Wildman–Crippen MR) is 69.7 cm³/mol. The number of aromatic nitrogens is 2. The van der Waals surface area contributed by atoms with Crippen LogP contribution < -0.4 is 10.6 Å². The number of nitrogens with zero attached hydrogens (tertiary/aromatic N) is 4. The molecule has 0 radical (unpaired) electrons. The van der Waals surface area contributed by atoms with E-state index in [1.807, 2.05) is 0 Å². The largest absolute Gasteiger partial charge is 0.384 e. The number of hydrogen-bond acceptors (Lipinski definition) is 5. The van der Waals surface area contributed by atoms with E-state index >= 15 is 0 Å². The Balaban J connectivity index is 1.86. The Hall–Kier alpha value is -1.89. The van der Waals surface area contributed by atoms with Crippen molar-refractivity contribution >= 4 is 23.3 Å². The number of nitrogens with two attached hydrogens (primary N) is 1. The molecule has 0 unspecified atom stereocenters. The Morgan fingerprint density at radius 3 is 2.89 bits per heavy atom. The van der Waals surface area contributed by atoms with Gasteiger partial charge in [-0.15, -0.1) is 0 Å². The third-order valence-corrected chi connectivity index (χ3v) is 2.86. The van der Waals surface area contributed by atoms with E-state index in [1.165, 1.54) is 12.4 Å². The van der Waals surface area contributed by atoms with Crippen molar-refractivity contribution in [2.45, 2.75) is 19.3 Å². The molecule has 0 aliphatic carbocycles. The van der Waals surface area contributed by atoms with Crippen LogP contribution in [0.25, 0.3) is 0 Å². The zero-order valence-electron chi connectivity index (χ0n) is 10.3. The van der Waals surface area contributed by atoms with E-state index in [0.29, 0.717) is 0 Å². The Labute approximate surface area is 115 Å². The Bertz CT molecular complexity index is 488. The number of amides is 1. The second kappa shape index (κ2) is 6.33. The molecule has 1 aromatic heterocycles. The molecule has 19 heavy (non-hydrogen) atoms. The SMILES string of the molecule is N/C(CC(=O)N1CCCC1)=N\Oc1cc(Cl)ncn1. The summed E-state index contributed by atoms with van der Waals surface area (Å²) in [7, 11) is 0. The lowest BCUT2D eigenvalue weighted by molar-refractivity contribution is -0.128. The average molecular weight is 284 g/mol. The molecule has 0 saturated carbocycles. The number of oxime groups is 1. The summed E-state index contributed by atoms with van der Waals surface area (Å²) in [5, 5.41) is 3.89. The second-order valence-corrected chi connectivity index (χ2v) is 4.50. The molecule has 1 saturated heterocycles. The number of likely N-dealkylation sites (tertiary alicyclic amines) is 1. The number of halogens is 1. The number of amidine groups is 1. The highest BCUT2D eigenvalue weighted by atomic mass is 35.5. The maximum absolute atomic E-state index is 11.8. The molecule has 1 aromatic rings. The summed E-state index contributed by atoms with van der Waals surface area (Å²) in [5.41, 5.74) is 5.63. The Morgan fingerprint density at radius 2 is 2.21 bits per heavy atom. The van der Waals surface area contributed by atoms with E-state index in [1.54, 1.807) is 4.90 Å². The summed E-state index contributed by atoms with van der Waals surface area (Å²) in [6.45, 7) is 1.57. The van der Waals surface area contributed by atoms with Crippen molar-refractivity contribution in [1.82, 2.24) is 14.9 Å². The van der Waals surface area contributed by atoms with Gasteiger partial charge in [0.2, 0.25) is 5.91 Å². The van der Waals surface area contributed by atoms with Crippen LogP contribution in [0, 0.1) is 0 Å². The summed E-state index contributed by atoms with van der Waals surface area (Å²) in [4.78, 5) is 26.0. The summed E-state index contributed by atoms with van der Waals surface area (Å²) in [6.07, 6.45) is 3.37. The minimum absolute atomic E-state index is 0.0388. The number of carbonyl (C=O) groups excluding carboxylic acids is 1. The van der Waals surface area contributed by atoms with Crippen LogP contribution in [-0.4, -0.2) is 39.7 Å². The molecule has 2 N–H and O–H groups in total. The molecule has 2 heterocycles.